The number of imidazole rings is 1. The van der Waals surface area contributed by atoms with Crippen molar-refractivity contribution in [3.05, 3.63) is 23.2 Å². The lowest BCUT2D eigenvalue weighted by molar-refractivity contribution is 0.537. The van der Waals surface area contributed by atoms with Crippen molar-refractivity contribution in [1.82, 2.24) is 14.5 Å². The normalized spacial score (nSPS) is 13.1. The number of aromatic nitrogens is 3. The van der Waals surface area contributed by atoms with Crippen LogP contribution in [-0.4, -0.2) is 26.5 Å². The maximum atomic E-state index is 5.33. The van der Waals surface area contributed by atoms with Gasteiger partial charge in [0.25, 0.3) is 0 Å². The fourth-order valence-corrected chi connectivity index (χ4v) is 2.80. The van der Waals surface area contributed by atoms with Crippen molar-refractivity contribution in [2.24, 2.45) is 5.92 Å². The molecule has 0 aromatic carbocycles. The van der Waals surface area contributed by atoms with Gasteiger partial charge in [-0.2, -0.15) is 11.8 Å². The van der Waals surface area contributed by atoms with Gasteiger partial charge in [0, 0.05) is 12.7 Å². The van der Waals surface area contributed by atoms with Gasteiger partial charge >= 0.3 is 0 Å². The molecular weight excluding hydrogens is 238 g/mol. The van der Waals surface area contributed by atoms with Crippen molar-refractivity contribution in [3.63, 3.8) is 0 Å². The fourth-order valence-electron chi connectivity index (χ4n) is 1.84. The number of rotatable bonds is 4. The first-order valence-electron chi connectivity index (χ1n) is 5.24. The van der Waals surface area contributed by atoms with Crippen LogP contribution in [0.4, 0.5) is 0 Å². The van der Waals surface area contributed by atoms with Crippen molar-refractivity contribution < 1.29 is 0 Å². The van der Waals surface area contributed by atoms with Crippen LogP contribution in [0.1, 0.15) is 6.92 Å². The molecule has 16 heavy (non-hydrogen) atoms. The maximum Gasteiger partial charge on any atom is 0.178 e. The summed E-state index contributed by atoms with van der Waals surface area (Å²) < 4.78 is 2.95. The second kappa shape index (κ2) is 5.01. The van der Waals surface area contributed by atoms with Gasteiger partial charge < -0.3 is 9.55 Å². The summed E-state index contributed by atoms with van der Waals surface area (Å²) in [5.74, 6) is 1.77. The zero-order valence-corrected chi connectivity index (χ0v) is 11.1. The molecule has 3 nitrogen and oxygen atoms in total. The Balaban J connectivity index is 2.36. The second-order valence-electron chi connectivity index (χ2n) is 3.99. The molecule has 0 spiro atoms. The lowest BCUT2D eigenvalue weighted by Crippen LogP contribution is -2.09. The molecule has 0 saturated carbocycles. The van der Waals surface area contributed by atoms with E-state index in [1.807, 2.05) is 24.0 Å². The molecule has 0 amide bonds. The average molecular weight is 253 g/mol. The van der Waals surface area contributed by atoms with Crippen LogP contribution >= 0.6 is 24.0 Å². The fraction of sp³-hybridized carbons (Fsp3) is 0.455. The highest BCUT2D eigenvalue weighted by Gasteiger charge is 2.07. The van der Waals surface area contributed by atoms with Gasteiger partial charge in [0.2, 0.25) is 0 Å². The number of fused-ring (bicyclic) bond motifs is 1. The Bertz CT molecular complexity index is 529. The predicted molar refractivity (Wildman–Crippen MR) is 72.5 cm³/mol. The van der Waals surface area contributed by atoms with E-state index < -0.39 is 0 Å². The zero-order chi connectivity index (χ0) is 11.5. The molecule has 0 saturated heterocycles. The van der Waals surface area contributed by atoms with Crippen molar-refractivity contribution in [2.75, 3.05) is 12.0 Å². The molecule has 0 aliphatic carbocycles. The number of hydrogen-bond donors (Lipinski definition) is 1. The van der Waals surface area contributed by atoms with E-state index in [9.17, 15) is 0 Å². The Morgan fingerprint density at radius 2 is 2.44 bits per heavy atom. The van der Waals surface area contributed by atoms with E-state index in [1.165, 1.54) is 0 Å². The van der Waals surface area contributed by atoms with Crippen molar-refractivity contribution >= 4 is 35.0 Å². The summed E-state index contributed by atoms with van der Waals surface area (Å²) in [6, 6.07) is 2.01. The van der Waals surface area contributed by atoms with E-state index in [1.54, 1.807) is 6.20 Å². The van der Waals surface area contributed by atoms with Crippen molar-refractivity contribution in [3.8, 4) is 0 Å². The highest BCUT2D eigenvalue weighted by Crippen LogP contribution is 2.15. The van der Waals surface area contributed by atoms with Gasteiger partial charge in [0.15, 0.2) is 4.77 Å². The SMILES string of the molecule is CSCC(C)Cn1c(=S)[nH]c2cnccc21. The lowest BCUT2D eigenvalue weighted by atomic mass is 10.2. The molecule has 2 rings (SSSR count). The number of nitrogens with zero attached hydrogens (tertiary/aromatic N) is 2. The van der Waals surface area contributed by atoms with E-state index in [2.05, 4.69) is 27.7 Å². The van der Waals surface area contributed by atoms with E-state index in [0.717, 1.165) is 28.1 Å². The molecule has 1 N–H and O–H groups in total. The molecule has 1 atom stereocenters. The summed E-state index contributed by atoms with van der Waals surface area (Å²) >= 11 is 7.20. The van der Waals surface area contributed by atoms with Crippen LogP contribution in [0.5, 0.6) is 0 Å². The number of thioether (sulfide) groups is 1. The second-order valence-corrected chi connectivity index (χ2v) is 5.29. The molecule has 1 unspecified atom stereocenters. The van der Waals surface area contributed by atoms with Gasteiger partial charge in [-0.05, 0) is 36.2 Å². The van der Waals surface area contributed by atoms with Crippen LogP contribution in [0.15, 0.2) is 18.5 Å². The number of pyridine rings is 1. The maximum absolute atomic E-state index is 5.33. The van der Waals surface area contributed by atoms with Crippen molar-refractivity contribution in [1.29, 1.82) is 0 Å². The van der Waals surface area contributed by atoms with E-state index in [4.69, 9.17) is 12.2 Å². The van der Waals surface area contributed by atoms with Gasteiger partial charge in [0.1, 0.15) is 0 Å². The van der Waals surface area contributed by atoms with Crippen LogP contribution < -0.4 is 0 Å². The number of hydrogen-bond acceptors (Lipinski definition) is 3. The van der Waals surface area contributed by atoms with Crippen LogP contribution in [0.3, 0.4) is 0 Å². The number of H-pyrrole nitrogens is 1. The Kier molecular flexibility index (Phi) is 3.66. The third-order valence-corrected chi connectivity index (χ3v) is 3.75. The molecule has 86 valence electrons. The minimum atomic E-state index is 0.619. The first-order chi connectivity index (χ1) is 7.72. The van der Waals surface area contributed by atoms with Gasteiger partial charge in [-0.1, -0.05) is 6.92 Å². The topological polar surface area (TPSA) is 33.6 Å². The predicted octanol–water partition coefficient (Wildman–Crippen LogP) is 3.09. The van der Waals surface area contributed by atoms with Crippen LogP contribution in [0.25, 0.3) is 11.0 Å². The first-order valence-corrected chi connectivity index (χ1v) is 7.04. The Hall–Kier alpha value is -0.810. The van der Waals surface area contributed by atoms with Crippen LogP contribution in [0, 0.1) is 10.7 Å². The third kappa shape index (κ3) is 2.30. The van der Waals surface area contributed by atoms with E-state index in [0.29, 0.717) is 5.92 Å². The summed E-state index contributed by atoms with van der Waals surface area (Å²) in [5, 5.41) is 0. The Morgan fingerprint density at radius 1 is 1.62 bits per heavy atom. The van der Waals surface area contributed by atoms with Gasteiger partial charge in [-0.25, -0.2) is 0 Å². The van der Waals surface area contributed by atoms with Gasteiger partial charge in [-0.15, -0.1) is 0 Å². The molecule has 0 radical (unpaired) electrons. The molecule has 2 heterocycles. The minimum Gasteiger partial charge on any atom is -0.329 e. The van der Waals surface area contributed by atoms with E-state index >= 15 is 0 Å². The summed E-state index contributed by atoms with van der Waals surface area (Å²) in [5.41, 5.74) is 2.16. The molecule has 2 aromatic rings. The Labute approximate surface area is 104 Å². The molecule has 2 aromatic heterocycles. The number of aromatic amines is 1. The monoisotopic (exact) mass is 253 g/mol. The third-order valence-electron chi connectivity index (χ3n) is 2.52. The lowest BCUT2D eigenvalue weighted by Gasteiger charge is -2.11. The molecule has 0 aliphatic heterocycles. The summed E-state index contributed by atoms with van der Waals surface area (Å²) in [4.78, 5) is 7.27. The molecular formula is C11H15N3S2. The first kappa shape index (κ1) is 11.7. The largest absolute Gasteiger partial charge is 0.329 e. The summed E-state index contributed by atoms with van der Waals surface area (Å²) in [7, 11) is 0. The standard InChI is InChI=1S/C11H15N3S2/c1-8(7-16-2)6-14-10-3-4-12-5-9(10)13-11(14)15/h3-5,8H,6-7H2,1-2H3,(H,13,15). The van der Waals surface area contributed by atoms with Gasteiger partial charge in [-0.3, -0.25) is 4.98 Å². The highest BCUT2D eigenvalue weighted by molar-refractivity contribution is 7.98. The van der Waals surface area contributed by atoms with Crippen LogP contribution in [-0.2, 0) is 6.54 Å². The zero-order valence-electron chi connectivity index (χ0n) is 9.43. The summed E-state index contributed by atoms with van der Waals surface area (Å²) in [6.45, 7) is 3.21. The van der Waals surface area contributed by atoms with Crippen LogP contribution in [0.2, 0.25) is 0 Å². The smallest absolute Gasteiger partial charge is 0.178 e. The molecule has 0 bridgehead atoms. The summed E-state index contributed by atoms with van der Waals surface area (Å²) in [6.07, 6.45) is 5.76. The molecule has 5 heteroatoms. The minimum absolute atomic E-state index is 0.619. The number of nitrogens with one attached hydrogen (secondary N) is 1. The quantitative estimate of drug-likeness (QED) is 0.850. The Morgan fingerprint density at radius 3 is 3.19 bits per heavy atom. The highest BCUT2D eigenvalue weighted by atomic mass is 32.2. The van der Waals surface area contributed by atoms with E-state index in [-0.39, 0.29) is 0 Å². The molecule has 0 aliphatic rings. The van der Waals surface area contributed by atoms with Gasteiger partial charge in [0.05, 0.1) is 17.2 Å². The molecule has 0 fully saturated rings. The van der Waals surface area contributed by atoms with Crippen molar-refractivity contribution in [2.45, 2.75) is 13.5 Å². The average Bonchev–Trinajstić information content (AvgIpc) is 2.56.